The molecular formula is C14H19ClN2O4. The molecule has 7 heteroatoms. The zero-order valence-electron chi connectivity index (χ0n) is 11.9. The van der Waals surface area contributed by atoms with E-state index in [-0.39, 0.29) is 5.69 Å². The summed E-state index contributed by atoms with van der Waals surface area (Å²) in [7, 11) is 1.83. The number of hydrogen-bond donors (Lipinski definition) is 1. The summed E-state index contributed by atoms with van der Waals surface area (Å²) in [5.74, 6) is 0. The number of ether oxygens (including phenoxy) is 1. The van der Waals surface area contributed by atoms with Crippen LogP contribution in [0.4, 0.5) is 5.69 Å². The van der Waals surface area contributed by atoms with E-state index in [0.717, 1.165) is 0 Å². The first kappa shape index (κ1) is 16.2. The normalized spacial score (nSPS) is 17.9. The van der Waals surface area contributed by atoms with Crippen LogP contribution in [0.15, 0.2) is 18.2 Å². The first-order valence-corrected chi connectivity index (χ1v) is 7.19. The van der Waals surface area contributed by atoms with Gasteiger partial charge in [-0.1, -0.05) is 11.6 Å². The van der Waals surface area contributed by atoms with Crippen molar-refractivity contribution in [2.45, 2.75) is 25.0 Å². The molecular weight excluding hydrogens is 296 g/mol. The minimum atomic E-state index is -0.791. The van der Waals surface area contributed by atoms with E-state index in [2.05, 4.69) is 0 Å². The molecule has 21 heavy (non-hydrogen) atoms. The summed E-state index contributed by atoms with van der Waals surface area (Å²) in [6.45, 7) is 1.89. The highest BCUT2D eigenvalue weighted by Gasteiger charge is 2.31. The quantitative estimate of drug-likeness (QED) is 0.666. The molecule has 1 saturated heterocycles. The first-order valence-electron chi connectivity index (χ1n) is 6.81. The van der Waals surface area contributed by atoms with Gasteiger partial charge < -0.3 is 9.84 Å². The van der Waals surface area contributed by atoms with Crippen LogP contribution in [0.3, 0.4) is 0 Å². The highest BCUT2D eigenvalue weighted by molar-refractivity contribution is 6.30. The second-order valence-electron chi connectivity index (χ2n) is 5.54. The van der Waals surface area contributed by atoms with Gasteiger partial charge in [0.2, 0.25) is 0 Å². The van der Waals surface area contributed by atoms with E-state index in [4.69, 9.17) is 16.3 Å². The Labute approximate surface area is 128 Å². The van der Waals surface area contributed by atoms with Crippen LogP contribution in [0.5, 0.6) is 0 Å². The summed E-state index contributed by atoms with van der Waals surface area (Å²) < 4.78 is 5.25. The molecule has 116 valence electrons. The molecule has 0 amide bonds. The van der Waals surface area contributed by atoms with E-state index < -0.39 is 10.5 Å². The zero-order valence-corrected chi connectivity index (χ0v) is 12.7. The molecule has 0 aliphatic carbocycles. The van der Waals surface area contributed by atoms with Crippen molar-refractivity contribution >= 4 is 17.3 Å². The summed E-state index contributed by atoms with van der Waals surface area (Å²) in [5.41, 5.74) is -0.198. The Hall–Kier alpha value is -1.21. The predicted molar refractivity (Wildman–Crippen MR) is 79.4 cm³/mol. The first-order chi connectivity index (χ1) is 9.89. The Kier molecular flexibility index (Phi) is 5.16. The Morgan fingerprint density at radius 2 is 2.14 bits per heavy atom. The van der Waals surface area contributed by atoms with E-state index in [0.29, 0.717) is 49.7 Å². The topological polar surface area (TPSA) is 75.8 Å². The van der Waals surface area contributed by atoms with Crippen molar-refractivity contribution in [2.24, 2.45) is 0 Å². The lowest BCUT2D eigenvalue weighted by Crippen LogP contribution is -2.45. The van der Waals surface area contributed by atoms with Crippen molar-refractivity contribution in [3.63, 3.8) is 0 Å². The molecule has 6 nitrogen and oxygen atoms in total. The molecule has 0 aromatic heterocycles. The van der Waals surface area contributed by atoms with Gasteiger partial charge in [0.15, 0.2) is 0 Å². The van der Waals surface area contributed by atoms with E-state index in [9.17, 15) is 15.2 Å². The second kappa shape index (κ2) is 6.70. The SMILES string of the molecule is CN(Cc1cc(Cl)ccc1[N+](=O)[O-])CC1(O)CCOCC1. The third kappa shape index (κ3) is 4.38. The van der Waals surface area contributed by atoms with Crippen LogP contribution in [-0.4, -0.2) is 47.3 Å². The van der Waals surface area contributed by atoms with Gasteiger partial charge in [-0.3, -0.25) is 15.0 Å². The van der Waals surface area contributed by atoms with E-state index in [1.807, 2.05) is 11.9 Å². The molecule has 0 bridgehead atoms. The van der Waals surface area contributed by atoms with Gasteiger partial charge in [-0.2, -0.15) is 0 Å². The van der Waals surface area contributed by atoms with Crippen LogP contribution < -0.4 is 0 Å². The number of nitrogens with zero attached hydrogens (tertiary/aromatic N) is 2. The standard InChI is InChI=1S/C14H19ClN2O4/c1-16(10-14(18)4-6-21-7-5-14)9-11-8-12(15)2-3-13(11)17(19)20/h2-3,8,18H,4-7,9-10H2,1H3. The van der Waals surface area contributed by atoms with Crippen LogP contribution in [0, 0.1) is 10.1 Å². The van der Waals surface area contributed by atoms with Gasteiger partial charge in [0.1, 0.15) is 0 Å². The maximum atomic E-state index is 11.0. The summed E-state index contributed by atoms with van der Waals surface area (Å²) >= 11 is 5.92. The molecule has 0 spiro atoms. The van der Waals surface area contributed by atoms with E-state index in [1.165, 1.54) is 12.1 Å². The predicted octanol–water partition coefficient (Wildman–Crippen LogP) is 2.22. The Balaban J connectivity index is 2.06. The minimum absolute atomic E-state index is 0.0465. The van der Waals surface area contributed by atoms with Gasteiger partial charge in [0.05, 0.1) is 10.5 Å². The number of rotatable bonds is 5. The third-order valence-electron chi connectivity index (χ3n) is 3.67. The lowest BCUT2D eigenvalue weighted by atomic mass is 9.94. The Bertz CT molecular complexity index is 518. The second-order valence-corrected chi connectivity index (χ2v) is 5.98. The molecule has 1 heterocycles. The van der Waals surface area contributed by atoms with Crippen LogP contribution in [-0.2, 0) is 11.3 Å². The van der Waals surface area contributed by atoms with Gasteiger partial charge in [-0.25, -0.2) is 0 Å². The number of halogens is 1. The summed E-state index contributed by atoms with van der Waals surface area (Å²) in [5, 5.41) is 22.0. The van der Waals surface area contributed by atoms with Crippen molar-refractivity contribution in [3.05, 3.63) is 38.9 Å². The molecule has 1 fully saturated rings. The largest absolute Gasteiger partial charge is 0.388 e. The number of likely N-dealkylation sites (N-methyl/N-ethyl adjacent to an activating group) is 1. The van der Waals surface area contributed by atoms with Crippen LogP contribution in [0.25, 0.3) is 0 Å². The van der Waals surface area contributed by atoms with Gasteiger partial charge in [0, 0.05) is 55.8 Å². The average molecular weight is 315 g/mol. The molecule has 1 aromatic rings. The number of hydrogen-bond acceptors (Lipinski definition) is 5. The molecule has 1 aliphatic heterocycles. The molecule has 2 rings (SSSR count). The fourth-order valence-corrected chi connectivity index (χ4v) is 2.81. The molecule has 1 aliphatic rings. The minimum Gasteiger partial charge on any atom is -0.388 e. The number of nitro groups is 1. The molecule has 0 atom stereocenters. The molecule has 1 aromatic carbocycles. The Morgan fingerprint density at radius 3 is 2.76 bits per heavy atom. The van der Waals surface area contributed by atoms with Crippen molar-refractivity contribution in [1.82, 2.24) is 4.90 Å². The molecule has 1 N–H and O–H groups in total. The van der Waals surface area contributed by atoms with Crippen LogP contribution >= 0.6 is 11.6 Å². The van der Waals surface area contributed by atoms with Gasteiger partial charge in [0.25, 0.3) is 5.69 Å². The van der Waals surface area contributed by atoms with Gasteiger partial charge in [-0.05, 0) is 19.2 Å². The monoisotopic (exact) mass is 314 g/mol. The third-order valence-corrected chi connectivity index (χ3v) is 3.90. The maximum Gasteiger partial charge on any atom is 0.273 e. The van der Waals surface area contributed by atoms with Crippen molar-refractivity contribution in [1.29, 1.82) is 0 Å². The van der Waals surface area contributed by atoms with Crippen LogP contribution in [0.1, 0.15) is 18.4 Å². The zero-order chi connectivity index (χ0) is 15.5. The van der Waals surface area contributed by atoms with Crippen molar-refractivity contribution in [3.8, 4) is 0 Å². The molecule has 0 saturated carbocycles. The number of nitro benzene ring substituents is 1. The van der Waals surface area contributed by atoms with E-state index >= 15 is 0 Å². The summed E-state index contributed by atoms with van der Waals surface area (Å²) in [6.07, 6.45) is 1.16. The average Bonchev–Trinajstić information content (AvgIpc) is 2.38. The lowest BCUT2D eigenvalue weighted by Gasteiger charge is -2.35. The summed E-state index contributed by atoms with van der Waals surface area (Å²) in [4.78, 5) is 12.5. The highest BCUT2D eigenvalue weighted by Crippen LogP contribution is 2.26. The Morgan fingerprint density at radius 1 is 1.48 bits per heavy atom. The number of aliphatic hydroxyl groups is 1. The van der Waals surface area contributed by atoms with Crippen molar-refractivity contribution in [2.75, 3.05) is 26.8 Å². The maximum absolute atomic E-state index is 11.0. The lowest BCUT2D eigenvalue weighted by molar-refractivity contribution is -0.385. The van der Waals surface area contributed by atoms with Gasteiger partial charge >= 0.3 is 0 Å². The van der Waals surface area contributed by atoms with E-state index in [1.54, 1.807) is 6.07 Å². The van der Waals surface area contributed by atoms with Crippen molar-refractivity contribution < 1.29 is 14.8 Å². The highest BCUT2D eigenvalue weighted by atomic mass is 35.5. The fraction of sp³-hybridized carbons (Fsp3) is 0.571. The smallest absolute Gasteiger partial charge is 0.273 e. The van der Waals surface area contributed by atoms with Gasteiger partial charge in [-0.15, -0.1) is 0 Å². The molecule has 0 radical (unpaired) electrons. The fourth-order valence-electron chi connectivity index (χ4n) is 2.62. The summed E-state index contributed by atoms with van der Waals surface area (Å²) in [6, 6.07) is 4.52. The number of benzene rings is 1. The van der Waals surface area contributed by atoms with Crippen LogP contribution in [0.2, 0.25) is 5.02 Å². The molecule has 0 unspecified atom stereocenters.